The third kappa shape index (κ3) is 4.83. The quantitative estimate of drug-likeness (QED) is 0.810. The Morgan fingerprint density at radius 1 is 1.15 bits per heavy atom. The van der Waals surface area contributed by atoms with Crippen LogP contribution in [0.5, 0.6) is 0 Å². The Balaban J connectivity index is 2.27. The molecule has 26 heavy (non-hydrogen) atoms. The maximum Gasteiger partial charge on any atom is 0.248 e. The highest BCUT2D eigenvalue weighted by Crippen LogP contribution is 2.23. The Bertz CT molecular complexity index is 888. The molecule has 0 aromatic heterocycles. The third-order valence-corrected chi connectivity index (χ3v) is 5.02. The number of hydrogen-bond acceptors (Lipinski definition) is 4. The van der Waals surface area contributed by atoms with Crippen molar-refractivity contribution < 1.29 is 13.2 Å². The summed E-state index contributed by atoms with van der Waals surface area (Å²) in [6.07, 6.45) is 1.70. The number of benzene rings is 2. The van der Waals surface area contributed by atoms with Gasteiger partial charge in [-0.25, -0.2) is 8.42 Å². The lowest BCUT2D eigenvalue weighted by Gasteiger charge is -2.30. The van der Waals surface area contributed by atoms with Crippen LogP contribution in [0.2, 0.25) is 0 Å². The van der Waals surface area contributed by atoms with E-state index in [1.165, 1.54) is 0 Å². The first-order chi connectivity index (χ1) is 12.4. The number of hydrogen-bond donors (Lipinski definition) is 1. The lowest BCUT2D eigenvalue weighted by Crippen LogP contribution is -2.46. The number of sulfonamides is 1. The molecule has 136 valence electrons. The largest absolute Gasteiger partial charge is 0.324 e. The topological polar surface area (TPSA) is 90.3 Å². The number of nitrogens with zero attached hydrogens (tertiary/aromatic N) is 2. The van der Waals surface area contributed by atoms with Gasteiger partial charge in [0.1, 0.15) is 6.04 Å². The molecule has 0 heterocycles. The molecule has 0 radical (unpaired) electrons. The number of nitriles is 1. The highest BCUT2D eigenvalue weighted by atomic mass is 32.2. The molecule has 1 N–H and O–H groups in total. The second-order valence-electron chi connectivity index (χ2n) is 5.84. The summed E-state index contributed by atoms with van der Waals surface area (Å²) in [5.41, 5.74) is 1.85. The van der Waals surface area contributed by atoms with Crippen molar-refractivity contribution in [3.05, 3.63) is 60.2 Å². The van der Waals surface area contributed by atoms with Gasteiger partial charge in [0.05, 0.1) is 24.4 Å². The molecule has 0 bridgehead atoms. The Hall–Kier alpha value is -2.85. The summed E-state index contributed by atoms with van der Waals surface area (Å²) in [5.74, 6) is -0.408. The fourth-order valence-corrected chi connectivity index (χ4v) is 3.87. The lowest BCUT2D eigenvalue weighted by atomic mass is 10.1. The molecule has 1 amide bonds. The van der Waals surface area contributed by atoms with Crippen molar-refractivity contribution in [3.8, 4) is 6.07 Å². The number of para-hydroxylation sites is 1. The predicted molar refractivity (Wildman–Crippen MR) is 102 cm³/mol. The fraction of sp³-hybridized carbons (Fsp3) is 0.263. The van der Waals surface area contributed by atoms with E-state index < -0.39 is 22.0 Å². The Labute approximate surface area is 154 Å². The van der Waals surface area contributed by atoms with E-state index >= 15 is 0 Å². The number of carbonyl (C=O) groups excluding carboxylic acids is 1. The molecule has 2 aromatic carbocycles. The third-order valence-electron chi connectivity index (χ3n) is 3.85. The van der Waals surface area contributed by atoms with Gasteiger partial charge in [-0.3, -0.25) is 9.10 Å². The van der Waals surface area contributed by atoms with Gasteiger partial charge in [0.15, 0.2) is 0 Å². The van der Waals surface area contributed by atoms with Gasteiger partial charge in [0.2, 0.25) is 15.9 Å². The van der Waals surface area contributed by atoms with Crippen LogP contribution < -0.4 is 9.62 Å². The summed E-state index contributed by atoms with van der Waals surface area (Å²) >= 11 is 0. The fourth-order valence-electron chi connectivity index (χ4n) is 2.66. The minimum Gasteiger partial charge on any atom is -0.324 e. The summed E-state index contributed by atoms with van der Waals surface area (Å²) in [6, 6.07) is 16.7. The summed E-state index contributed by atoms with van der Waals surface area (Å²) in [5, 5.41) is 11.5. The number of carbonyl (C=O) groups is 1. The molecule has 0 unspecified atom stereocenters. The van der Waals surface area contributed by atoms with Crippen molar-refractivity contribution in [2.24, 2.45) is 0 Å². The van der Waals surface area contributed by atoms with E-state index in [0.29, 0.717) is 24.2 Å². The number of nitrogens with one attached hydrogen (secondary N) is 1. The first-order valence-corrected chi connectivity index (χ1v) is 10.0. The minimum absolute atomic E-state index is 0.293. The van der Waals surface area contributed by atoms with Crippen molar-refractivity contribution in [1.82, 2.24) is 0 Å². The van der Waals surface area contributed by atoms with Crippen molar-refractivity contribution >= 4 is 27.3 Å². The first kappa shape index (κ1) is 19.5. The Morgan fingerprint density at radius 2 is 1.77 bits per heavy atom. The summed E-state index contributed by atoms with van der Waals surface area (Å²) in [6.45, 7) is 1.77. The molecule has 0 aliphatic carbocycles. The van der Waals surface area contributed by atoms with Gasteiger partial charge < -0.3 is 5.32 Å². The van der Waals surface area contributed by atoms with Gasteiger partial charge in [0.25, 0.3) is 0 Å². The monoisotopic (exact) mass is 371 g/mol. The average Bonchev–Trinajstić information content (AvgIpc) is 2.61. The first-order valence-electron chi connectivity index (χ1n) is 8.18. The second kappa shape index (κ2) is 8.50. The van der Waals surface area contributed by atoms with Crippen LogP contribution in [0, 0.1) is 11.3 Å². The highest BCUT2D eigenvalue weighted by Gasteiger charge is 2.31. The molecular weight excluding hydrogens is 350 g/mol. The molecule has 1 atom stereocenters. The lowest BCUT2D eigenvalue weighted by molar-refractivity contribution is -0.117. The predicted octanol–water partition coefficient (Wildman–Crippen LogP) is 2.94. The molecule has 0 spiro atoms. The van der Waals surface area contributed by atoms with Crippen LogP contribution in [0.4, 0.5) is 11.4 Å². The molecular formula is C19H21N3O3S. The number of rotatable bonds is 7. The number of anilines is 2. The summed E-state index contributed by atoms with van der Waals surface area (Å²) in [4.78, 5) is 12.7. The molecule has 0 aliphatic rings. The van der Waals surface area contributed by atoms with Crippen LogP contribution >= 0.6 is 0 Å². The van der Waals surface area contributed by atoms with Gasteiger partial charge in [-0.1, -0.05) is 37.3 Å². The Morgan fingerprint density at radius 3 is 2.27 bits per heavy atom. The van der Waals surface area contributed by atoms with E-state index in [4.69, 9.17) is 5.26 Å². The van der Waals surface area contributed by atoms with Crippen LogP contribution in [-0.4, -0.2) is 26.6 Å². The maximum absolute atomic E-state index is 12.7. The molecule has 2 rings (SSSR count). The van der Waals surface area contributed by atoms with Crippen LogP contribution in [0.25, 0.3) is 0 Å². The summed E-state index contributed by atoms with van der Waals surface area (Å²) in [7, 11) is -3.64. The normalized spacial score (nSPS) is 12.0. The molecule has 0 saturated carbocycles. The van der Waals surface area contributed by atoms with E-state index in [-0.39, 0.29) is 0 Å². The van der Waals surface area contributed by atoms with Gasteiger partial charge >= 0.3 is 0 Å². The Kier molecular flexibility index (Phi) is 6.36. The van der Waals surface area contributed by atoms with Gasteiger partial charge in [-0.05, 0) is 36.2 Å². The zero-order valence-corrected chi connectivity index (χ0v) is 15.5. The van der Waals surface area contributed by atoms with E-state index in [0.717, 1.165) is 16.1 Å². The maximum atomic E-state index is 12.7. The van der Waals surface area contributed by atoms with Crippen molar-refractivity contribution in [1.29, 1.82) is 5.26 Å². The second-order valence-corrected chi connectivity index (χ2v) is 7.70. The molecule has 2 aromatic rings. The van der Waals surface area contributed by atoms with Gasteiger partial charge in [0, 0.05) is 5.69 Å². The molecule has 6 nitrogen and oxygen atoms in total. The molecule has 0 saturated heterocycles. The molecule has 0 aliphatic heterocycles. The average molecular weight is 371 g/mol. The van der Waals surface area contributed by atoms with Crippen molar-refractivity contribution in [2.45, 2.75) is 25.8 Å². The van der Waals surface area contributed by atoms with E-state index in [9.17, 15) is 13.2 Å². The zero-order valence-electron chi connectivity index (χ0n) is 14.7. The molecule has 0 fully saturated rings. The van der Waals surface area contributed by atoms with E-state index in [2.05, 4.69) is 11.4 Å². The number of amides is 1. The smallest absolute Gasteiger partial charge is 0.248 e. The van der Waals surface area contributed by atoms with Crippen molar-refractivity contribution in [2.75, 3.05) is 15.9 Å². The van der Waals surface area contributed by atoms with Crippen LogP contribution in [0.1, 0.15) is 18.9 Å². The SMILES string of the molecule is CC[C@H](C(=O)Nc1ccc(CC#N)cc1)N(c1ccccc1)S(C)(=O)=O. The summed E-state index contributed by atoms with van der Waals surface area (Å²) < 4.78 is 25.8. The van der Waals surface area contributed by atoms with Crippen LogP contribution in [0.15, 0.2) is 54.6 Å². The minimum atomic E-state index is -3.64. The standard InChI is InChI=1S/C19H21N3O3S/c1-3-18(22(26(2,24)25)17-7-5-4-6-8-17)19(23)21-16-11-9-15(10-12-16)13-14-20/h4-12,18H,3,13H2,1-2H3,(H,21,23)/t18-/m1/s1. The van der Waals surface area contributed by atoms with Crippen LogP contribution in [-0.2, 0) is 21.2 Å². The van der Waals surface area contributed by atoms with Crippen molar-refractivity contribution in [3.63, 3.8) is 0 Å². The van der Waals surface area contributed by atoms with Gasteiger partial charge in [-0.15, -0.1) is 0 Å². The van der Waals surface area contributed by atoms with E-state index in [1.54, 1.807) is 61.5 Å². The van der Waals surface area contributed by atoms with Crippen LogP contribution in [0.3, 0.4) is 0 Å². The van der Waals surface area contributed by atoms with E-state index in [1.807, 2.05) is 0 Å². The molecule has 7 heteroatoms. The zero-order chi connectivity index (χ0) is 19.2. The van der Waals surface area contributed by atoms with Gasteiger partial charge in [-0.2, -0.15) is 5.26 Å². The highest BCUT2D eigenvalue weighted by molar-refractivity contribution is 7.92.